The monoisotopic (exact) mass is 426 g/mol. The smallest absolute Gasteiger partial charge is 0.258 e. The number of carbonyl (C=O) groups excluding carboxylic acids is 1. The van der Waals surface area contributed by atoms with Gasteiger partial charge in [0.1, 0.15) is 18.1 Å². The van der Waals surface area contributed by atoms with Gasteiger partial charge in [-0.25, -0.2) is 4.39 Å². The minimum absolute atomic E-state index is 0.0373. The Balaban J connectivity index is 1.29. The summed E-state index contributed by atoms with van der Waals surface area (Å²) in [5, 5.41) is 3.82. The number of benzene rings is 2. The van der Waals surface area contributed by atoms with Crippen molar-refractivity contribution >= 4 is 29.1 Å². The van der Waals surface area contributed by atoms with E-state index in [0.29, 0.717) is 28.9 Å². The van der Waals surface area contributed by atoms with Gasteiger partial charge in [-0.3, -0.25) is 9.69 Å². The normalized spacial score (nSPS) is 15.5. The second kappa shape index (κ2) is 9.45. The Hall–Kier alpha value is -2.02. The summed E-state index contributed by atoms with van der Waals surface area (Å²) in [6, 6.07) is 13.8. The van der Waals surface area contributed by atoms with Crippen LogP contribution in [0, 0.1) is 0 Å². The quantitative estimate of drug-likeness (QED) is 0.665. The molecule has 2 aromatic carbocycles. The van der Waals surface area contributed by atoms with Crippen LogP contribution in [0.25, 0.3) is 0 Å². The number of halogens is 3. The van der Waals surface area contributed by atoms with Gasteiger partial charge >= 0.3 is 0 Å². The predicted molar refractivity (Wildman–Crippen MR) is 107 cm³/mol. The van der Waals surface area contributed by atoms with Crippen molar-refractivity contribution in [3.8, 4) is 11.5 Å². The highest BCUT2D eigenvalue weighted by atomic mass is 35.5. The number of rotatable bonds is 9. The third-order valence-electron chi connectivity index (χ3n) is 4.29. The molecule has 0 saturated carbocycles. The van der Waals surface area contributed by atoms with Crippen LogP contribution in [0.15, 0.2) is 48.5 Å². The van der Waals surface area contributed by atoms with Gasteiger partial charge in [0.25, 0.3) is 5.91 Å². The molecule has 0 unspecified atom stereocenters. The third kappa shape index (κ3) is 6.26. The van der Waals surface area contributed by atoms with E-state index in [9.17, 15) is 9.18 Å². The van der Waals surface area contributed by atoms with Crippen molar-refractivity contribution in [3.63, 3.8) is 0 Å². The lowest BCUT2D eigenvalue weighted by molar-refractivity contribution is -0.125. The van der Waals surface area contributed by atoms with Gasteiger partial charge in [0.05, 0.1) is 6.54 Å². The average molecular weight is 427 g/mol. The van der Waals surface area contributed by atoms with Crippen molar-refractivity contribution in [2.75, 3.05) is 39.4 Å². The first kappa shape index (κ1) is 20.7. The zero-order valence-corrected chi connectivity index (χ0v) is 16.7. The SMILES string of the molecule is O=C(COc1ccc(Cl)cc1)NCC1(F)CN(CCOc2ccc(Cl)cc2)C1. The number of likely N-dealkylation sites (tertiary alicyclic amines) is 1. The number of hydrogen-bond acceptors (Lipinski definition) is 4. The van der Waals surface area contributed by atoms with E-state index in [2.05, 4.69) is 5.32 Å². The minimum Gasteiger partial charge on any atom is -0.492 e. The van der Waals surface area contributed by atoms with Gasteiger partial charge in [-0.1, -0.05) is 23.2 Å². The number of hydrogen-bond donors (Lipinski definition) is 1. The van der Waals surface area contributed by atoms with Gasteiger partial charge in [-0.15, -0.1) is 0 Å². The Morgan fingerprint density at radius 2 is 1.54 bits per heavy atom. The molecule has 1 aliphatic heterocycles. The van der Waals surface area contributed by atoms with Crippen LogP contribution >= 0.6 is 23.2 Å². The summed E-state index contributed by atoms with van der Waals surface area (Å²) < 4.78 is 25.5. The molecule has 5 nitrogen and oxygen atoms in total. The topological polar surface area (TPSA) is 50.8 Å². The fourth-order valence-electron chi connectivity index (χ4n) is 2.84. The molecule has 28 heavy (non-hydrogen) atoms. The molecule has 0 aliphatic carbocycles. The molecule has 1 fully saturated rings. The molecule has 2 aromatic rings. The molecule has 0 spiro atoms. The molecule has 1 saturated heterocycles. The molecule has 1 amide bonds. The van der Waals surface area contributed by atoms with Crippen LogP contribution in [0.3, 0.4) is 0 Å². The van der Waals surface area contributed by atoms with Crippen LogP contribution in [-0.4, -0.2) is 55.9 Å². The number of ether oxygens (including phenoxy) is 2. The zero-order valence-electron chi connectivity index (χ0n) is 15.2. The minimum atomic E-state index is -1.42. The van der Waals surface area contributed by atoms with E-state index in [0.717, 1.165) is 5.75 Å². The molecule has 1 aliphatic rings. The molecule has 0 atom stereocenters. The van der Waals surface area contributed by atoms with Crippen molar-refractivity contribution in [3.05, 3.63) is 58.6 Å². The van der Waals surface area contributed by atoms with Crippen LogP contribution < -0.4 is 14.8 Å². The van der Waals surface area contributed by atoms with Gasteiger partial charge in [-0.05, 0) is 48.5 Å². The van der Waals surface area contributed by atoms with E-state index >= 15 is 0 Å². The summed E-state index contributed by atoms with van der Waals surface area (Å²) in [7, 11) is 0. The summed E-state index contributed by atoms with van der Waals surface area (Å²) >= 11 is 11.6. The number of alkyl halides is 1. The molecule has 1 heterocycles. The summed E-state index contributed by atoms with van der Waals surface area (Å²) in [5.41, 5.74) is -1.42. The molecular weight excluding hydrogens is 406 g/mol. The lowest BCUT2D eigenvalue weighted by atomic mass is 9.96. The molecule has 0 bridgehead atoms. The Labute approximate surface area is 173 Å². The molecule has 3 rings (SSSR count). The summed E-state index contributed by atoms with van der Waals surface area (Å²) in [6.45, 7) is 1.38. The molecule has 8 heteroatoms. The zero-order chi connectivity index (χ0) is 20.0. The van der Waals surface area contributed by atoms with E-state index in [-0.39, 0.29) is 32.1 Å². The predicted octanol–water partition coefficient (Wildman–Crippen LogP) is 3.59. The maximum atomic E-state index is 14.6. The Morgan fingerprint density at radius 3 is 2.11 bits per heavy atom. The van der Waals surface area contributed by atoms with Crippen molar-refractivity contribution in [2.24, 2.45) is 0 Å². The first-order valence-corrected chi connectivity index (χ1v) is 9.62. The van der Waals surface area contributed by atoms with Gasteiger partial charge in [0.2, 0.25) is 0 Å². The fraction of sp³-hybridized carbons (Fsp3) is 0.350. The largest absolute Gasteiger partial charge is 0.492 e. The standard InChI is InChI=1S/C20H21Cl2FN2O3/c21-15-1-5-17(6-2-15)27-10-9-25-13-20(23,14-25)12-24-19(26)11-28-18-7-3-16(22)4-8-18/h1-8H,9-14H2,(H,24,26). The fourth-order valence-corrected chi connectivity index (χ4v) is 3.09. The number of amides is 1. The van der Waals surface area contributed by atoms with Crippen molar-refractivity contribution in [2.45, 2.75) is 5.67 Å². The number of nitrogens with zero attached hydrogens (tertiary/aromatic N) is 1. The van der Waals surface area contributed by atoms with E-state index in [4.69, 9.17) is 32.7 Å². The maximum absolute atomic E-state index is 14.6. The lowest BCUT2D eigenvalue weighted by Gasteiger charge is -2.44. The third-order valence-corrected chi connectivity index (χ3v) is 4.79. The maximum Gasteiger partial charge on any atom is 0.258 e. The van der Waals surface area contributed by atoms with Crippen molar-refractivity contribution < 1.29 is 18.7 Å². The summed E-state index contributed by atoms with van der Waals surface area (Å²) in [6.07, 6.45) is 0. The van der Waals surface area contributed by atoms with Crippen molar-refractivity contribution in [1.29, 1.82) is 0 Å². The van der Waals surface area contributed by atoms with Gasteiger partial charge in [0.15, 0.2) is 12.3 Å². The van der Waals surface area contributed by atoms with E-state index in [1.165, 1.54) is 0 Å². The Morgan fingerprint density at radius 1 is 1.00 bits per heavy atom. The van der Waals surface area contributed by atoms with Crippen LogP contribution in [0.1, 0.15) is 0 Å². The highest BCUT2D eigenvalue weighted by Crippen LogP contribution is 2.24. The molecule has 0 aromatic heterocycles. The van der Waals surface area contributed by atoms with E-state index in [1.807, 2.05) is 4.90 Å². The van der Waals surface area contributed by atoms with Crippen LogP contribution in [0.5, 0.6) is 11.5 Å². The van der Waals surface area contributed by atoms with Crippen LogP contribution in [0.4, 0.5) is 4.39 Å². The second-order valence-corrected chi connectivity index (χ2v) is 7.56. The highest BCUT2D eigenvalue weighted by Gasteiger charge is 2.43. The van der Waals surface area contributed by atoms with Gasteiger partial charge in [-0.2, -0.15) is 0 Å². The Bertz CT molecular complexity index is 781. The van der Waals surface area contributed by atoms with Crippen LogP contribution in [0.2, 0.25) is 10.0 Å². The van der Waals surface area contributed by atoms with Crippen molar-refractivity contribution in [1.82, 2.24) is 10.2 Å². The van der Waals surface area contributed by atoms with Gasteiger partial charge in [0, 0.05) is 29.7 Å². The first-order chi connectivity index (χ1) is 13.4. The molecule has 150 valence electrons. The summed E-state index contributed by atoms with van der Waals surface area (Å²) in [4.78, 5) is 13.8. The average Bonchev–Trinajstić information content (AvgIpc) is 2.66. The second-order valence-electron chi connectivity index (χ2n) is 6.68. The Kier molecular flexibility index (Phi) is 6.99. The first-order valence-electron chi connectivity index (χ1n) is 8.87. The molecule has 1 N–H and O–H groups in total. The molecular formula is C20H21Cl2FN2O3. The summed E-state index contributed by atoms with van der Waals surface area (Å²) in [5.74, 6) is 0.894. The van der Waals surface area contributed by atoms with E-state index in [1.54, 1.807) is 48.5 Å². The van der Waals surface area contributed by atoms with Crippen LogP contribution in [-0.2, 0) is 4.79 Å². The number of nitrogens with one attached hydrogen (secondary N) is 1. The lowest BCUT2D eigenvalue weighted by Crippen LogP contribution is -2.64. The van der Waals surface area contributed by atoms with E-state index < -0.39 is 5.67 Å². The highest BCUT2D eigenvalue weighted by molar-refractivity contribution is 6.30. The molecule has 0 radical (unpaired) electrons. The number of carbonyl (C=O) groups is 1. The van der Waals surface area contributed by atoms with Gasteiger partial charge < -0.3 is 14.8 Å².